The van der Waals surface area contributed by atoms with Gasteiger partial charge in [-0.3, -0.25) is 4.90 Å². The van der Waals surface area contributed by atoms with Crippen LogP contribution >= 0.6 is 0 Å². The van der Waals surface area contributed by atoms with Crippen molar-refractivity contribution in [3.8, 4) is 0 Å². The fourth-order valence-electron chi connectivity index (χ4n) is 2.65. The van der Waals surface area contributed by atoms with E-state index in [1.54, 1.807) is 0 Å². The van der Waals surface area contributed by atoms with Gasteiger partial charge in [-0.2, -0.15) is 0 Å². The molecule has 1 unspecified atom stereocenters. The number of likely N-dealkylation sites (N-methyl/N-ethyl adjacent to an activating group) is 1. The topological polar surface area (TPSA) is 57.9 Å². The summed E-state index contributed by atoms with van der Waals surface area (Å²) < 4.78 is 0. The molecular weight excluding hydrogens is 224 g/mol. The van der Waals surface area contributed by atoms with E-state index in [1.807, 2.05) is 18.2 Å². The average Bonchev–Trinajstić information content (AvgIpc) is 3.09. The van der Waals surface area contributed by atoms with Gasteiger partial charge in [0.25, 0.3) is 0 Å². The number of hydrogen-bond acceptors (Lipinski definition) is 3. The number of imidazole rings is 1. The largest absolute Gasteiger partial charge is 0.341 e. The molecule has 96 valence electrons. The second-order valence-corrected chi connectivity index (χ2v) is 5.26. The average molecular weight is 244 g/mol. The summed E-state index contributed by atoms with van der Waals surface area (Å²) in [6, 6.07) is 8.65. The maximum Gasteiger partial charge on any atom is 0.121 e. The molecule has 18 heavy (non-hydrogen) atoms. The lowest BCUT2D eigenvalue weighted by Crippen LogP contribution is -2.39. The van der Waals surface area contributed by atoms with Crippen molar-refractivity contribution in [2.45, 2.75) is 25.4 Å². The summed E-state index contributed by atoms with van der Waals surface area (Å²) in [5, 5.41) is 0. The van der Waals surface area contributed by atoms with Crippen LogP contribution in [0.15, 0.2) is 24.3 Å². The molecule has 2 aromatic rings. The van der Waals surface area contributed by atoms with Crippen molar-refractivity contribution in [2.75, 3.05) is 13.6 Å². The number of nitrogens with one attached hydrogen (secondary N) is 1. The first-order chi connectivity index (χ1) is 8.78. The molecule has 0 spiro atoms. The number of nitrogens with two attached hydrogens (primary N) is 1. The summed E-state index contributed by atoms with van der Waals surface area (Å²) in [6.07, 6.45) is 2.65. The van der Waals surface area contributed by atoms with Gasteiger partial charge < -0.3 is 10.7 Å². The maximum absolute atomic E-state index is 5.87. The maximum atomic E-state index is 5.87. The van der Waals surface area contributed by atoms with Crippen LogP contribution in [-0.4, -0.2) is 34.5 Å². The summed E-state index contributed by atoms with van der Waals surface area (Å²) in [7, 11) is 2.14. The van der Waals surface area contributed by atoms with Gasteiger partial charge in [0, 0.05) is 12.6 Å². The highest BCUT2D eigenvalue weighted by molar-refractivity contribution is 5.74. The van der Waals surface area contributed by atoms with Gasteiger partial charge in [-0.05, 0) is 37.9 Å². The number of aromatic amines is 1. The normalized spacial score (nSPS) is 17.5. The van der Waals surface area contributed by atoms with Crippen molar-refractivity contribution in [2.24, 2.45) is 11.7 Å². The monoisotopic (exact) mass is 244 g/mol. The van der Waals surface area contributed by atoms with Crippen LogP contribution in [0.4, 0.5) is 0 Å². The Labute approximate surface area is 107 Å². The molecule has 1 aliphatic rings. The Balaban J connectivity index is 1.74. The van der Waals surface area contributed by atoms with Gasteiger partial charge in [0.05, 0.1) is 17.6 Å². The van der Waals surface area contributed by atoms with Crippen LogP contribution in [0.25, 0.3) is 11.0 Å². The predicted molar refractivity (Wildman–Crippen MR) is 73.1 cm³/mol. The molecule has 3 rings (SSSR count). The minimum absolute atomic E-state index is 0.498. The number of benzene rings is 1. The molecule has 1 aliphatic carbocycles. The lowest BCUT2D eigenvalue weighted by atomic mass is 10.1. The van der Waals surface area contributed by atoms with E-state index in [-0.39, 0.29) is 0 Å². The van der Waals surface area contributed by atoms with E-state index in [0.29, 0.717) is 6.04 Å². The number of H-pyrrole nitrogens is 1. The molecular formula is C14H20N4. The number of aromatic nitrogens is 2. The molecule has 3 N–H and O–H groups in total. The van der Waals surface area contributed by atoms with Gasteiger partial charge in [-0.15, -0.1) is 0 Å². The molecule has 1 aromatic carbocycles. The first-order valence-electron chi connectivity index (χ1n) is 6.62. The van der Waals surface area contributed by atoms with Crippen LogP contribution in [0, 0.1) is 5.92 Å². The quantitative estimate of drug-likeness (QED) is 0.842. The zero-order valence-electron chi connectivity index (χ0n) is 10.8. The second-order valence-electron chi connectivity index (χ2n) is 5.26. The lowest BCUT2D eigenvalue weighted by molar-refractivity contribution is 0.211. The molecule has 0 saturated heterocycles. The molecule has 4 heteroatoms. The van der Waals surface area contributed by atoms with E-state index in [1.165, 1.54) is 12.8 Å². The standard InChI is InChI=1S/C14H20N4/c1-18(13(8-15)10-6-7-10)9-14-16-11-4-2-3-5-12(11)17-14/h2-5,10,13H,6-9,15H2,1H3,(H,16,17). The van der Waals surface area contributed by atoms with E-state index >= 15 is 0 Å². The fourth-order valence-corrected chi connectivity index (χ4v) is 2.65. The van der Waals surface area contributed by atoms with Crippen molar-refractivity contribution < 1.29 is 0 Å². The molecule has 1 heterocycles. The van der Waals surface area contributed by atoms with E-state index in [0.717, 1.165) is 35.9 Å². The van der Waals surface area contributed by atoms with Crippen molar-refractivity contribution in [3.63, 3.8) is 0 Å². The van der Waals surface area contributed by atoms with E-state index < -0.39 is 0 Å². The van der Waals surface area contributed by atoms with Crippen LogP contribution < -0.4 is 5.73 Å². The van der Waals surface area contributed by atoms with Crippen LogP contribution in [0.5, 0.6) is 0 Å². The molecule has 0 bridgehead atoms. The summed E-state index contributed by atoms with van der Waals surface area (Å²) >= 11 is 0. The number of para-hydroxylation sites is 2. The Morgan fingerprint density at radius 3 is 2.89 bits per heavy atom. The number of nitrogens with zero attached hydrogens (tertiary/aromatic N) is 2. The van der Waals surface area contributed by atoms with Crippen molar-refractivity contribution in [3.05, 3.63) is 30.1 Å². The van der Waals surface area contributed by atoms with Crippen LogP contribution in [0.3, 0.4) is 0 Å². The third-order valence-electron chi connectivity index (χ3n) is 3.81. The van der Waals surface area contributed by atoms with Crippen molar-refractivity contribution in [1.82, 2.24) is 14.9 Å². The first kappa shape index (κ1) is 11.7. The second kappa shape index (κ2) is 4.71. The first-order valence-corrected chi connectivity index (χ1v) is 6.62. The third kappa shape index (κ3) is 2.26. The molecule has 1 aromatic heterocycles. The summed E-state index contributed by atoms with van der Waals surface area (Å²) in [5.41, 5.74) is 8.02. The number of rotatable bonds is 5. The summed E-state index contributed by atoms with van der Waals surface area (Å²) in [5.74, 6) is 1.82. The zero-order chi connectivity index (χ0) is 12.5. The molecule has 1 atom stereocenters. The van der Waals surface area contributed by atoms with Gasteiger partial charge >= 0.3 is 0 Å². The minimum atomic E-state index is 0.498. The highest BCUT2D eigenvalue weighted by atomic mass is 15.2. The Kier molecular flexibility index (Phi) is 3.06. The van der Waals surface area contributed by atoms with Crippen molar-refractivity contribution in [1.29, 1.82) is 0 Å². The molecule has 0 aliphatic heterocycles. The number of hydrogen-bond donors (Lipinski definition) is 2. The van der Waals surface area contributed by atoms with Gasteiger partial charge in [-0.25, -0.2) is 4.98 Å². The Hall–Kier alpha value is -1.39. The van der Waals surface area contributed by atoms with Gasteiger partial charge in [0.1, 0.15) is 5.82 Å². The van der Waals surface area contributed by atoms with Crippen LogP contribution in [0.1, 0.15) is 18.7 Å². The Morgan fingerprint density at radius 1 is 1.44 bits per heavy atom. The lowest BCUT2D eigenvalue weighted by Gasteiger charge is -2.25. The van der Waals surface area contributed by atoms with Gasteiger partial charge in [-0.1, -0.05) is 12.1 Å². The van der Waals surface area contributed by atoms with Crippen LogP contribution in [0.2, 0.25) is 0 Å². The van der Waals surface area contributed by atoms with Gasteiger partial charge in [0.15, 0.2) is 0 Å². The molecule has 4 nitrogen and oxygen atoms in total. The minimum Gasteiger partial charge on any atom is -0.341 e. The fraction of sp³-hybridized carbons (Fsp3) is 0.500. The van der Waals surface area contributed by atoms with Crippen LogP contribution in [-0.2, 0) is 6.54 Å². The zero-order valence-corrected chi connectivity index (χ0v) is 10.8. The van der Waals surface area contributed by atoms with Gasteiger partial charge in [0.2, 0.25) is 0 Å². The predicted octanol–water partition coefficient (Wildman–Crippen LogP) is 1.73. The number of fused-ring (bicyclic) bond motifs is 1. The Morgan fingerprint density at radius 2 is 2.22 bits per heavy atom. The summed E-state index contributed by atoms with van der Waals surface area (Å²) in [4.78, 5) is 10.3. The molecule has 1 fully saturated rings. The molecule has 1 saturated carbocycles. The molecule has 0 amide bonds. The third-order valence-corrected chi connectivity index (χ3v) is 3.81. The highest BCUT2D eigenvalue weighted by Crippen LogP contribution is 2.34. The molecule has 0 radical (unpaired) electrons. The summed E-state index contributed by atoms with van der Waals surface area (Å²) in [6.45, 7) is 1.58. The highest BCUT2D eigenvalue weighted by Gasteiger charge is 2.32. The Bertz CT molecular complexity index is 496. The van der Waals surface area contributed by atoms with E-state index in [2.05, 4.69) is 28.0 Å². The van der Waals surface area contributed by atoms with E-state index in [9.17, 15) is 0 Å². The smallest absolute Gasteiger partial charge is 0.121 e. The van der Waals surface area contributed by atoms with E-state index in [4.69, 9.17) is 5.73 Å². The SMILES string of the molecule is CN(Cc1nc2ccccc2[nH]1)C(CN)C1CC1. The van der Waals surface area contributed by atoms with Crippen molar-refractivity contribution >= 4 is 11.0 Å².